The Labute approximate surface area is 106 Å². The molecule has 6 nitrogen and oxygen atoms in total. The van der Waals surface area contributed by atoms with Crippen LogP contribution < -0.4 is 0 Å². The summed E-state index contributed by atoms with van der Waals surface area (Å²) in [5.41, 5.74) is 0.820. The van der Waals surface area contributed by atoms with Crippen molar-refractivity contribution in [3.05, 3.63) is 35.9 Å². The number of phosphoric ester groups is 1. The zero-order valence-electron chi connectivity index (χ0n) is 10.1. The van der Waals surface area contributed by atoms with E-state index >= 15 is 0 Å². The first-order valence-electron chi connectivity index (χ1n) is 5.37. The molecule has 102 valence electrons. The molecule has 1 aromatic rings. The van der Waals surface area contributed by atoms with Gasteiger partial charge in [-0.2, -0.15) is 0 Å². The maximum Gasteiger partial charge on any atom is 0.474 e. The highest BCUT2D eigenvalue weighted by molar-refractivity contribution is 7.48. The summed E-state index contributed by atoms with van der Waals surface area (Å²) in [6.45, 7) is -0.736. The fourth-order valence-electron chi connectivity index (χ4n) is 1.10. The minimum atomic E-state index is -3.70. The average molecular weight is 276 g/mol. The van der Waals surface area contributed by atoms with Crippen molar-refractivity contribution < 1.29 is 28.3 Å². The van der Waals surface area contributed by atoms with Gasteiger partial charge < -0.3 is 10.2 Å². The van der Waals surface area contributed by atoms with Crippen molar-refractivity contribution in [3.8, 4) is 0 Å². The molecule has 1 aromatic carbocycles. The van der Waals surface area contributed by atoms with E-state index in [0.29, 0.717) is 0 Å². The Kier molecular flexibility index (Phi) is 6.49. The van der Waals surface area contributed by atoms with E-state index in [0.717, 1.165) is 5.56 Å². The predicted molar refractivity (Wildman–Crippen MR) is 64.9 cm³/mol. The number of phosphoric acid groups is 1. The first-order chi connectivity index (χ1) is 8.59. The quantitative estimate of drug-likeness (QED) is 0.697. The summed E-state index contributed by atoms with van der Waals surface area (Å²) in [4.78, 5) is 0. The molecule has 0 aliphatic rings. The van der Waals surface area contributed by atoms with Gasteiger partial charge in [0.15, 0.2) is 0 Å². The summed E-state index contributed by atoms with van der Waals surface area (Å²) in [5, 5.41) is 17.7. The molecule has 0 aromatic heterocycles. The number of aliphatic hydroxyl groups excluding tert-OH is 2. The van der Waals surface area contributed by atoms with Crippen molar-refractivity contribution in [1.82, 2.24) is 0 Å². The lowest BCUT2D eigenvalue weighted by Crippen LogP contribution is -2.19. The van der Waals surface area contributed by atoms with Crippen LogP contribution in [-0.2, 0) is 24.7 Å². The van der Waals surface area contributed by atoms with Gasteiger partial charge in [-0.25, -0.2) is 4.57 Å². The molecule has 0 fully saturated rings. The van der Waals surface area contributed by atoms with Crippen LogP contribution >= 0.6 is 7.82 Å². The normalized spacial score (nSPS) is 16.2. The summed E-state index contributed by atoms with van der Waals surface area (Å²) in [6, 6.07) is 9.12. The summed E-state index contributed by atoms with van der Waals surface area (Å²) in [5.74, 6) is 0. The first kappa shape index (κ1) is 15.3. The highest BCUT2D eigenvalue weighted by Crippen LogP contribution is 2.49. The highest BCUT2D eigenvalue weighted by Gasteiger charge is 2.26. The van der Waals surface area contributed by atoms with Gasteiger partial charge in [-0.15, -0.1) is 0 Å². The van der Waals surface area contributed by atoms with Crippen LogP contribution in [0.1, 0.15) is 5.56 Å². The second kappa shape index (κ2) is 7.63. The molecule has 2 atom stereocenters. The molecule has 0 saturated heterocycles. The van der Waals surface area contributed by atoms with Crippen LogP contribution in [0.15, 0.2) is 30.3 Å². The first-order valence-corrected chi connectivity index (χ1v) is 6.83. The number of hydrogen-bond donors (Lipinski definition) is 2. The van der Waals surface area contributed by atoms with E-state index in [2.05, 4.69) is 4.52 Å². The third-order valence-electron chi connectivity index (χ3n) is 2.09. The van der Waals surface area contributed by atoms with Gasteiger partial charge in [0.1, 0.15) is 6.10 Å². The Morgan fingerprint density at radius 2 is 1.94 bits per heavy atom. The smallest absolute Gasteiger partial charge is 0.394 e. The number of hydrogen-bond acceptors (Lipinski definition) is 6. The van der Waals surface area contributed by atoms with Gasteiger partial charge in [-0.3, -0.25) is 13.6 Å². The molecule has 0 saturated carbocycles. The Morgan fingerprint density at radius 3 is 2.50 bits per heavy atom. The molecule has 0 bridgehead atoms. The largest absolute Gasteiger partial charge is 0.474 e. The lowest BCUT2D eigenvalue weighted by molar-refractivity contribution is 0.0317. The molecule has 0 radical (unpaired) electrons. The van der Waals surface area contributed by atoms with Crippen LogP contribution in [0.25, 0.3) is 0 Å². The fourth-order valence-corrected chi connectivity index (χ4v) is 2.05. The van der Waals surface area contributed by atoms with Gasteiger partial charge >= 0.3 is 7.82 Å². The second-order valence-corrected chi connectivity index (χ2v) is 5.30. The Bertz CT molecular complexity index is 382. The van der Waals surface area contributed by atoms with Crippen LogP contribution in [0.5, 0.6) is 0 Å². The predicted octanol–water partition coefficient (Wildman–Crippen LogP) is 1.33. The standard InChI is InChI=1S/C11H17O6P/c1-15-18(14,17-9-11(13)7-12)16-8-10-5-3-2-4-6-10/h2-6,11-13H,7-9H2,1H3. The van der Waals surface area contributed by atoms with E-state index in [1.165, 1.54) is 7.11 Å². The minimum Gasteiger partial charge on any atom is -0.394 e. The summed E-state index contributed by atoms with van der Waals surface area (Å²) in [7, 11) is -2.51. The van der Waals surface area contributed by atoms with Crippen LogP contribution in [0.3, 0.4) is 0 Å². The molecule has 2 unspecified atom stereocenters. The maximum absolute atomic E-state index is 11.9. The van der Waals surface area contributed by atoms with Crippen molar-refractivity contribution in [2.45, 2.75) is 12.7 Å². The molecular weight excluding hydrogens is 259 g/mol. The van der Waals surface area contributed by atoms with Gasteiger partial charge in [0.2, 0.25) is 0 Å². The molecule has 0 heterocycles. The summed E-state index contributed by atoms with van der Waals surface area (Å²) < 4.78 is 26.5. The third kappa shape index (κ3) is 5.27. The van der Waals surface area contributed by atoms with Crippen molar-refractivity contribution in [2.24, 2.45) is 0 Å². The van der Waals surface area contributed by atoms with Gasteiger partial charge in [-0.05, 0) is 5.56 Å². The molecule has 18 heavy (non-hydrogen) atoms. The average Bonchev–Trinajstić information content (AvgIpc) is 2.43. The fraction of sp³-hybridized carbons (Fsp3) is 0.455. The molecule has 0 aliphatic carbocycles. The Balaban J connectivity index is 2.47. The number of aliphatic hydroxyl groups is 2. The zero-order valence-corrected chi connectivity index (χ0v) is 11.0. The van der Waals surface area contributed by atoms with Crippen LogP contribution in [0.4, 0.5) is 0 Å². The molecule has 0 spiro atoms. The number of rotatable bonds is 8. The topological polar surface area (TPSA) is 85.2 Å². The maximum atomic E-state index is 11.9. The monoisotopic (exact) mass is 276 g/mol. The second-order valence-electron chi connectivity index (χ2n) is 3.52. The van der Waals surface area contributed by atoms with E-state index in [9.17, 15) is 4.57 Å². The lowest BCUT2D eigenvalue weighted by Gasteiger charge is -2.17. The Morgan fingerprint density at radius 1 is 1.28 bits per heavy atom. The zero-order chi connectivity index (χ0) is 13.4. The third-order valence-corrected chi connectivity index (χ3v) is 3.45. The van der Waals surface area contributed by atoms with E-state index in [-0.39, 0.29) is 13.2 Å². The summed E-state index contributed by atoms with van der Waals surface area (Å²) >= 11 is 0. The van der Waals surface area contributed by atoms with Gasteiger partial charge in [0, 0.05) is 7.11 Å². The molecular formula is C11H17O6P. The van der Waals surface area contributed by atoms with Crippen LogP contribution in [0.2, 0.25) is 0 Å². The van der Waals surface area contributed by atoms with E-state index in [1.54, 1.807) is 0 Å². The summed E-state index contributed by atoms with van der Waals surface area (Å²) in [6.07, 6.45) is -1.12. The lowest BCUT2D eigenvalue weighted by atomic mass is 10.2. The van der Waals surface area contributed by atoms with Crippen LogP contribution in [-0.4, -0.2) is 36.6 Å². The van der Waals surface area contributed by atoms with E-state index in [4.69, 9.17) is 19.3 Å². The molecule has 0 aliphatic heterocycles. The highest BCUT2D eigenvalue weighted by atomic mass is 31.2. The van der Waals surface area contributed by atoms with Crippen molar-refractivity contribution in [3.63, 3.8) is 0 Å². The Hall–Kier alpha value is -0.750. The van der Waals surface area contributed by atoms with Gasteiger partial charge in [0.25, 0.3) is 0 Å². The molecule has 7 heteroatoms. The van der Waals surface area contributed by atoms with Gasteiger partial charge in [-0.1, -0.05) is 30.3 Å². The minimum absolute atomic E-state index is 0.0706. The number of benzene rings is 1. The van der Waals surface area contributed by atoms with E-state index in [1.807, 2.05) is 30.3 Å². The molecule has 2 N–H and O–H groups in total. The van der Waals surface area contributed by atoms with Gasteiger partial charge in [0.05, 0.1) is 19.8 Å². The van der Waals surface area contributed by atoms with Crippen molar-refractivity contribution >= 4 is 7.82 Å². The SMILES string of the molecule is COP(=O)(OCc1ccccc1)OCC(O)CO. The molecule has 0 amide bonds. The van der Waals surface area contributed by atoms with Crippen molar-refractivity contribution in [2.75, 3.05) is 20.3 Å². The van der Waals surface area contributed by atoms with Crippen molar-refractivity contribution in [1.29, 1.82) is 0 Å². The molecule has 1 rings (SSSR count). The van der Waals surface area contributed by atoms with Crippen LogP contribution in [0, 0.1) is 0 Å². The van der Waals surface area contributed by atoms with E-state index < -0.39 is 20.5 Å².